The minimum absolute atomic E-state index is 0.211. The van der Waals surface area contributed by atoms with Gasteiger partial charge in [0.1, 0.15) is 5.69 Å². The molecule has 0 amide bonds. The number of nitrogens with zero attached hydrogens (tertiary/aromatic N) is 3. The van der Waals surface area contributed by atoms with Gasteiger partial charge in [-0.25, -0.2) is 4.79 Å². The van der Waals surface area contributed by atoms with Crippen molar-refractivity contribution in [2.24, 2.45) is 0 Å². The van der Waals surface area contributed by atoms with Crippen LogP contribution < -0.4 is 0 Å². The molecule has 5 nitrogen and oxygen atoms in total. The monoisotopic (exact) mass is 307 g/mol. The topological polar surface area (TPSA) is 68.0 Å². The summed E-state index contributed by atoms with van der Waals surface area (Å²) in [4.78, 5) is 12.5. The van der Waals surface area contributed by atoms with Crippen LogP contribution in [0, 0.1) is 0 Å². The summed E-state index contributed by atoms with van der Waals surface area (Å²) in [5.41, 5.74) is 3.84. The first-order chi connectivity index (χ1) is 11.0. The van der Waals surface area contributed by atoms with E-state index in [2.05, 4.69) is 36.2 Å². The number of carboxylic acid groups (broad SMARTS) is 1. The second-order valence-corrected chi connectivity index (χ2v) is 5.65. The quantitative estimate of drug-likeness (QED) is 0.797. The fraction of sp³-hybridized carbons (Fsp3) is 0.167. The summed E-state index contributed by atoms with van der Waals surface area (Å²) in [6, 6.07) is 14.8. The Balaban J connectivity index is 1.91. The van der Waals surface area contributed by atoms with Crippen LogP contribution in [0.2, 0.25) is 0 Å². The normalized spacial score (nSPS) is 10.9. The molecule has 1 aromatic heterocycles. The van der Waals surface area contributed by atoms with E-state index in [9.17, 15) is 4.79 Å². The Morgan fingerprint density at radius 1 is 1.13 bits per heavy atom. The Hall–Kier alpha value is -2.95. The summed E-state index contributed by atoms with van der Waals surface area (Å²) in [7, 11) is 0. The first-order valence-corrected chi connectivity index (χ1v) is 7.41. The van der Waals surface area contributed by atoms with Crippen molar-refractivity contribution >= 4 is 5.97 Å². The smallest absolute Gasteiger partial charge is 0.335 e. The van der Waals surface area contributed by atoms with E-state index in [1.807, 2.05) is 12.1 Å². The lowest BCUT2D eigenvalue weighted by atomic mass is 10.0. The van der Waals surface area contributed by atoms with E-state index in [0.29, 0.717) is 11.6 Å². The van der Waals surface area contributed by atoms with Gasteiger partial charge in [-0.05, 0) is 29.7 Å². The van der Waals surface area contributed by atoms with E-state index < -0.39 is 5.97 Å². The van der Waals surface area contributed by atoms with Crippen LogP contribution in [0.4, 0.5) is 0 Å². The van der Waals surface area contributed by atoms with Gasteiger partial charge in [0.25, 0.3) is 0 Å². The molecule has 1 heterocycles. The maximum absolute atomic E-state index is 11.0. The maximum atomic E-state index is 11.0. The van der Waals surface area contributed by atoms with E-state index in [-0.39, 0.29) is 5.56 Å². The first kappa shape index (κ1) is 15.0. The molecular formula is C18H17N3O2. The van der Waals surface area contributed by atoms with Crippen molar-refractivity contribution in [1.29, 1.82) is 0 Å². The van der Waals surface area contributed by atoms with Crippen LogP contribution >= 0.6 is 0 Å². The molecule has 23 heavy (non-hydrogen) atoms. The molecule has 3 aromatic rings. The molecule has 0 fully saturated rings. The number of hydrogen-bond acceptors (Lipinski definition) is 3. The number of aromatic carboxylic acids is 1. The SMILES string of the molecule is CC(C)c1ccc(-c2cnn(-c3cccc(C(=O)O)c3)n2)cc1. The van der Waals surface area contributed by atoms with Gasteiger partial charge >= 0.3 is 5.97 Å². The van der Waals surface area contributed by atoms with Gasteiger partial charge in [0.05, 0.1) is 17.4 Å². The molecule has 0 atom stereocenters. The molecule has 0 bridgehead atoms. The molecule has 0 spiro atoms. The van der Waals surface area contributed by atoms with Crippen molar-refractivity contribution < 1.29 is 9.90 Å². The number of aromatic nitrogens is 3. The van der Waals surface area contributed by atoms with Crippen molar-refractivity contribution in [3.05, 3.63) is 65.9 Å². The van der Waals surface area contributed by atoms with Crippen LogP contribution in [-0.2, 0) is 0 Å². The van der Waals surface area contributed by atoms with Crippen molar-refractivity contribution in [3.63, 3.8) is 0 Å². The summed E-state index contributed by atoms with van der Waals surface area (Å²) in [6.07, 6.45) is 1.68. The molecular weight excluding hydrogens is 290 g/mol. The molecule has 116 valence electrons. The fourth-order valence-electron chi connectivity index (χ4n) is 2.32. The van der Waals surface area contributed by atoms with Crippen LogP contribution in [-0.4, -0.2) is 26.1 Å². The van der Waals surface area contributed by atoms with E-state index in [4.69, 9.17) is 5.11 Å². The molecule has 0 saturated heterocycles. The van der Waals surface area contributed by atoms with Gasteiger partial charge in [-0.2, -0.15) is 9.90 Å². The van der Waals surface area contributed by atoms with Gasteiger partial charge in [0.2, 0.25) is 0 Å². The van der Waals surface area contributed by atoms with E-state index >= 15 is 0 Å². The zero-order valence-corrected chi connectivity index (χ0v) is 13.0. The van der Waals surface area contributed by atoms with Crippen molar-refractivity contribution in [3.8, 4) is 16.9 Å². The highest BCUT2D eigenvalue weighted by Crippen LogP contribution is 2.21. The minimum Gasteiger partial charge on any atom is -0.478 e. The largest absolute Gasteiger partial charge is 0.478 e. The molecule has 3 rings (SSSR count). The van der Waals surface area contributed by atoms with Crippen LogP contribution in [0.25, 0.3) is 16.9 Å². The summed E-state index contributed by atoms with van der Waals surface area (Å²) in [6.45, 7) is 4.31. The Bertz CT molecular complexity index is 835. The number of carbonyl (C=O) groups is 1. The van der Waals surface area contributed by atoms with Gasteiger partial charge < -0.3 is 5.11 Å². The highest BCUT2D eigenvalue weighted by molar-refractivity contribution is 5.88. The van der Waals surface area contributed by atoms with Crippen LogP contribution in [0.15, 0.2) is 54.7 Å². The summed E-state index contributed by atoms with van der Waals surface area (Å²) >= 11 is 0. The number of hydrogen-bond donors (Lipinski definition) is 1. The molecule has 0 aliphatic heterocycles. The average molecular weight is 307 g/mol. The van der Waals surface area contributed by atoms with Crippen LogP contribution in [0.3, 0.4) is 0 Å². The van der Waals surface area contributed by atoms with E-state index in [1.165, 1.54) is 10.4 Å². The standard InChI is InChI=1S/C18H17N3O2/c1-12(2)13-6-8-14(9-7-13)17-11-19-21(20-17)16-5-3-4-15(10-16)18(22)23/h3-12H,1-2H3,(H,22,23). The third kappa shape index (κ3) is 3.13. The Morgan fingerprint density at radius 2 is 1.87 bits per heavy atom. The minimum atomic E-state index is -0.969. The van der Waals surface area contributed by atoms with Gasteiger partial charge in [0, 0.05) is 5.56 Å². The highest BCUT2D eigenvalue weighted by atomic mass is 16.4. The maximum Gasteiger partial charge on any atom is 0.335 e. The number of carboxylic acids is 1. The summed E-state index contributed by atoms with van der Waals surface area (Å²) in [5.74, 6) is -0.484. The Morgan fingerprint density at radius 3 is 2.52 bits per heavy atom. The van der Waals surface area contributed by atoms with Gasteiger partial charge in [-0.3, -0.25) is 0 Å². The predicted octanol–water partition coefficient (Wildman–Crippen LogP) is 3.76. The van der Waals surface area contributed by atoms with Gasteiger partial charge in [0.15, 0.2) is 0 Å². The molecule has 0 unspecified atom stereocenters. The first-order valence-electron chi connectivity index (χ1n) is 7.41. The lowest BCUT2D eigenvalue weighted by Gasteiger charge is -2.05. The van der Waals surface area contributed by atoms with E-state index in [0.717, 1.165) is 11.3 Å². The predicted molar refractivity (Wildman–Crippen MR) is 87.8 cm³/mol. The summed E-state index contributed by atoms with van der Waals surface area (Å²) < 4.78 is 0. The van der Waals surface area contributed by atoms with Crippen LogP contribution in [0.5, 0.6) is 0 Å². The zero-order valence-electron chi connectivity index (χ0n) is 13.0. The lowest BCUT2D eigenvalue weighted by Crippen LogP contribution is -2.02. The molecule has 0 aliphatic carbocycles. The van der Waals surface area contributed by atoms with Crippen LogP contribution in [0.1, 0.15) is 35.7 Å². The third-order valence-corrected chi connectivity index (χ3v) is 3.69. The second kappa shape index (κ2) is 6.04. The van der Waals surface area contributed by atoms with Crippen molar-refractivity contribution in [1.82, 2.24) is 15.0 Å². The lowest BCUT2D eigenvalue weighted by molar-refractivity contribution is 0.0697. The van der Waals surface area contributed by atoms with Crippen molar-refractivity contribution in [2.45, 2.75) is 19.8 Å². The zero-order chi connectivity index (χ0) is 16.4. The molecule has 0 aliphatic rings. The Labute approximate surface area is 134 Å². The number of benzene rings is 2. The third-order valence-electron chi connectivity index (χ3n) is 3.69. The van der Waals surface area contributed by atoms with Crippen molar-refractivity contribution in [2.75, 3.05) is 0 Å². The number of rotatable bonds is 4. The molecule has 1 N–H and O–H groups in total. The molecule has 2 aromatic carbocycles. The average Bonchev–Trinajstić information content (AvgIpc) is 3.05. The molecule has 0 saturated carbocycles. The molecule has 0 radical (unpaired) electrons. The highest BCUT2D eigenvalue weighted by Gasteiger charge is 2.09. The fourth-order valence-corrected chi connectivity index (χ4v) is 2.32. The van der Waals surface area contributed by atoms with Gasteiger partial charge in [-0.15, -0.1) is 5.10 Å². The van der Waals surface area contributed by atoms with Gasteiger partial charge in [-0.1, -0.05) is 44.2 Å². The Kier molecular flexibility index (Phi) is 3.93. The summed E-state index contributed by atoms with van der Waals surface area (Å²) in [5, 5.41) is 17.7. The second-order valence-electron chi connectivity index (χ2n) is 5.65. The van der Waals surface area contributed by atoms with E-state index in [1.54, 1.807) is 30.5 Å². The molecule has 5 heteroatoms.